The number of hydrogen-bond acceptors (Lipinski definition) is 1. The van der Waals surface area contributed by atoms with Crippen LogP contribution in [0.15, 0.2) is 0 Å². The molecule has 0 aromatic carbocycles. The van der Waals surface area contributed by atoms with Crippen LogP contribution in [0.25, 0.3) is 11.2 Å². The molecule has 0 fully saturated rings. The van der Waals surface area contributed by atoms with E-state index in [0.717, 1.165) is 5.65 Å². The van der Waals surface area contributed by atoms with E-state index in [-0.39, 0.29) is 5.41 Å². The third-order valence-electron chi connectivity index (χ3n) is 4.04. The number of rotatable bonds is 0. The summed E-state index contributed by atoms with van der Waals surface area (Å²) in [6.07, 6.45) is 0. The topological polar surface area (TPSA) is 21.7 Å². The Hall–Kier alpha value is -1.38. The number of hydrogen-bond donors (Lipinski definition) is 0. The maximum atomic E-state index is 4.93. The fourth-order valence-electron chi connectivity index (χ4n) is 2.67. The largest absolute Gasteiger partial charge is 0.302 e. The van der Waals surface area contributed by atoms with Crippen molar-refractivity contribution in [3.8, 4) is 0 Å². The Balaban J connectivity index is 2.98. The van der Waals surface area contributed by atoms with Crippen LogP contribution < -0.4 is 4.57 Å². The van der Waals surface area contributed by atoms with Crippen molar-refractivity contribution in [2.24, 2.45) is 14.1 Å². The number of aromatic nitrogens is 3. The molecule has 0 unspecified atom stereocenters. The molecule has 0 atom stereocenters. The van der Waals surface area contributed by atoms with Crippen LogP contribution in [0.4, 0.5) is 0 Å². The van der Waals surface area contributed by atoms with Gasteiger partial charge in [0.2, 0.25) is 5.82 Å². The Morgan fingerprint density at radius 3 is 2.11 bits per heavy atom. The molecular weight excluding hydrogens is 222 g/mol. The summed E-state index contributed by atoms with van der Waals surface area (Å²) in [7, 11) is 4.20. The third-order valence-corrected chi connectivity index (χ3v) is 4.04. The van der Waals surface area contributed by atoms with Crippen molar-refractivity contribution in [3.05, 3.63) is 22.6 Å². The fraction of sp³-hybridized carbons (Fsp3) is 0.600. The molecule has 3 nitrogen and oxygen atoms in total. The minimum Gasteiger partial charge on any atom is -0.260 e. The van der Waals surface area contributed by atoms with Crippen LogP contribution in [0.5, 0.6) is 0 Å². The highest BCUT2D eigenvalue weighted by atomic mass is 15.2. The lowest BCUT2D eigenvalue weighted by Gasteiger charge is -2.18. The van der Waals surface area contributed by atoms with Crippen molar-refractivity contribution in [1.82, 2.24) is 9.55 Å². The number of fused-ring (bicyclic) bond motifs is 1. The number of imidazole rings is 1. The van der Waals surface area contributed by atoms with Gasteiger partial charge in [-0.2, -0.15) is 0 Å². The summed E-state index contributed by atoms with van der Waals surface area (Å²) < 4.78 is 4.41. The van der Waals surface area contributed by atoms with Crippen molar-refractivity contribution in [2.75, 3.05) is 0 Å². The molecular formula is C15H24N3+. The SMILES string of the molecule is Cc1c(C(C)(C)C)nc2c(c1C)n(C)c(C)[n+]2C. The summed E-state index contributed by atoms with van der Waals surface area (Å²) in [5, 5.41) is 0. The van der Waals surface area contributed by atoms with Crippen molar-refractivity contribution >= 4 is 11.2 Å². The monoisotopic (exact) mass is 246 g/mol. The first kappa shape index (κ1) is 13.1. The predicted octanol–water partition coefficient (Wildman–Crippen LogP) is 2.62. The molecule has 3 heteroatoms. The Morgan fingerprint density at radius 2 is 1.61 bits per heavy atom. The Kier molecular flexibility index (Phi) is 2.76. The lowest BCUT2D eigenvalue weighted by molar-refractivity contribution is -0.654. The van der Waals surface area contributed by atoms with Crippen molar-refractivity contribution < 1.29 is 4.57 Å². The zero-order valence-corrected chi connectivity index (χ0v) is 12.8. The second-order valence-corrected chi connectivity index (χ2v) is 6.30. The average Bonchev–Trinajstić information content (AvgIpc) is 2.47. The molecule has 0 aliphatic heterocycles. The maximum Gasteiger partial charge on any atom is 0.302 e. The van der Waals surface area contributed by atoms with Crippen molar-refractivity contribution in [3.63, 3.8) is 0 Å². The first-order chi connectivity index (χ1) is 8.16. The van der Waals surface area contributed by atoms with Gasteiger partial charge in [0.05, 0.1) is 14.1 Å². The molecule has 0 amide bonds. The Labute approximate surface area is 109 Å². The molecule has 0 bridgehead atoms. The van der Waals surface area contributed by atoms with Gasteiger partial charge in [-0.25, -0.2) is 4.57 Å². The van der Waals surface area contributed by atoms with Crippen LogP contribution in [0.1, 0.15) is 43.4 Å². The molecule has 0 N–H and O–H groups in total. The summed E-state index contributed by atoms with van der Waals surface area (Å²) in [6.45, 7) is 13.2. The highest BCUT2D eigenvalue weighted by molar-refractivity contribution is 5.74. The van der Waals surface area contributed by atoms with Gasteiger partial charge >= 0.3 is 5.65 Å². The van der Waals surface area contributed by atoms with E-state index in [2.05, 4.69) is 64.8 Å². The first-order valence-electron chi connectivity index (χ1n) is 6.49. The smallest absolute Gasteiger partial charge is 0.260 e. The second-order valence-electron chi connectivity index (χ2n) is 6.30. The maximum absolute atomic E-state index is 4.93. The molecule has 98 valence electrons. The molecule has 0 aliphatic carbocycles. The third kappa shape index (κ3) is 1.64. The quantitative estimate of drug-likeness (QED) is 0.655. The minimum absolute atomic E-state index is 0.0831. The van der Waals surface area contributed by atoms with Crippen molar-refractivity contribution in [1.29, 1.82) is 0 Å². The van der Waals surface area contributed by atoms with E-state index >= 15 is 0 Å². The summed E-state index contributed by atoms with van der Waals surface area (Å²) in [6, 6.07) is 0. The van der Waals surface area contributed by atoms with Gasteiger partial charge in [-0.1, -0.05) is 20.8 Å². The van der Waals surface area contributed by atoms with Crippen LogP contribution in [0.2, 0.25) is 0 Å². The van der Waals surface area contributed by atoms with E-state index < -0.39 is 0 Å². The van der Waals surface area contributed by atoms with Gasteiger partial charge in [-0.05, 0) is 19.4 Å². The number of nitrogens with zero attached hydrogens (tertiary/aromatic N) is 3. The highest BCUT2D eigenvalue weighted by Crippen LogP contribution is 2.29. The standard InChI is InChI=1S/C15H24N3/c1-9-10(2)13(15(4,5)6)16-14-12(9)17(7)11(3)18(14)8/h1-8H3/q+1. The zero-order valence-electron chi connectivity index (χ0n) is 12.8. The van der Waals surface area contributed by atoms with Crippen LogP contribution in [0.3, 0.4) is 0 Å². The molecule has 0 spiro atoms. The van der Waals surface area contributed by atoms with E-state index in [1.807, 2.05) is 0 Å². The lowest BCUT2D eigenvalue weighted by atomic mass is 9.87. The van der Waals surface area contributed by atoms with E-state index in [0.29, 0.717) is 0 Å². The summed E-state index contributed by atoms with van der Waals surface area (Å²) in [4.78, 5) is 4.93. The molecule has 0 radical (unpaired) electrons. The molecule has 0 saturated carbocycles. The number of aryl methyl sites for hydroxylation is 3. The Bertz CT molecular complexity index is 628. The van der Waals surface area contributed by atoms with Gasteiger partial charge in [-0.15, -0.1) is 4.98 Å². The van der Waals surface area contributed by atoms with Crippen LogP contribution in [0, 0.1) is 20.8 Å². The van der Waals surface area contributed by atoms with Gasteiger partial charge in [-0.3, -0.25) is 4.57 Å². The minimum atomic E-state index is 0.0831. The molecule has 2 aromatic rings. The summed E-state index contributed by atoms with van der Waals surface area (Å²) in [5.41, 5.74) is 6.28. The van der Waals surface area contributed by atoms with Gasteiger partial charge < -0.3 is 0 Å². The molecule has 2 aromatic heterocycles. The van der Waals surface area contributed by atoms with E-state index in [9.17, 15) is 0 Å². The molecule has 0 aliphatic rings. The van der Waals surface area contributed by atoms with Gasteiger partial charge in [0.15, 0.2) is 5.52 Å². The van der Waals surface area contributed by atoms with E-state index in [4.69, 9.17) is 4.98 Å². The normalized spacial score (nSPS) is 12.4. The number of pyridine rings is 1. The lowest BCUT2D eigenvalue weighted by Crippen LogP contribution is -2.32. The second kappa shape index (κ2) is 3.81. The van der Waals surface area contributed by atoms with Crippen LogP contribution >= 0.6 is 0 Å². The van der Waals surface area contributed by atoms with E-state index in [1.54, 1.807) is 0 Å². The molecule has 2 heterocycles. The molecule has 18 heavy (non-hydrogen) atoms. The zero-order chi connectivity index (χ0) is 13.8. The summed E-state index contributed by atoms with van der Waals surface area (Å²) in [5.74, 6) is 1.23. The van der Waals surface area contributed by atoms with Crippen LogP contribution in [-0.2, 0) is 19.5 Å². The average molecular weight is 246 g/mol. The van der Waals surface area contributed by atoms with Gasteiger partial charge in [0.25, 0.3) is 0 Å². The first-order valence-corrected chi connectivity index (χ1v) is 6.49. The van der Waals surface area contributed by atoms with Gasteiger partial charge in [0, 0.05) is 17.9 Å². The fourth-order valence-corrected chi connectivity index (χ4v) is 2.67. The molecule has 0 saturated heterocycles. The van der Waals surface area contributed by atoms with Crippen molar-refractivity contribution in [2.45, 2.75) is 47.0 Å². The molecule has 2 rings (SSSR count). The Morgan fingerprint density at radius 1 is 1.06 bits per heavy atom. The summed E-state index contributed by atoms with van der Waals surface area (Å²) >= 11 is 0. The van der Waals surface area contributed by atoms with E-state index in [1.165, 1.54) is 28.2 Å². The van der Waals surface area contributed by atoms with Crippen LogP contribution in [-0.4, -0.2) is 9.55 Å². The predicted molar refractivity (Wildman–Crippen MR) is 74.8 cm³/mol. The van der Waals surface area contributed by atoms with Gasteiger partial charge in [0.1, 0.15) is 5.69 Å². The highest BCUT2D eigenvalue weighted by Gasteiger charge is 2.28.